The first-order valence-corrected chi connectivity index (χ1v) is 6.06. The van der Waals surface area contributed by atoms with Crippen LogP contribution < -0.4 is 4.74 Å². The molecule has 1 aromatic heterocycles. The number of fused-ring (bicyclic) bond motifs is 1. The molecule has 20 heavy (non-hydrogen) atoms. The summed E-state index contributed by atoms with van der Waals surface area (Å²) in [4.78, 5) is 18.4. The molecule has 0 saturated heterocycles. The molecule has 0 unspecified atom stereocenters. The fourth-order valence-corrected chi connectivity index (χ4v) is 1.85. The number of imidazole rings is 1. The van der Waals surface area contributed by atoms with Crippen LogP contribution in [-0.4, -0.2) is 15.8 Å². The molecule has 0 aliphatic heterocycles. The molecule has 0 fully saturated rings. The third-order valence-electron chi connectivity index (χ3n) is 2.84. The molecule has 0 bridgehead atoms. The lowest BCUT2D eigenvalue weighted by atomic mass is 10.3. The average Bonchev–Trinajstić information content (AvgIpc) is 2.85. The smallest absolute Gasteiger partial charge is 0.195 e. The third kappa shape index (κ3) is 2.38. The molecule has 2 aromatic carbocycles. The number of nitrogens with one attached hydrogen (secondary N) is 1. The van der Waals surface area contributed by atoms with Crippen molar-refractivity contribution in [1.82, 2.24) is 9.97 Å². The van der Waals surface area contributed by atoms with Crippen LogP contribution in [0.15, 0.2) is 42.5 Å². The van der Waals surface area contributed by atoms with Crippen LogP contribution in [0, 0.1) is 5.82 Å². The number of aromatic nitrogens is 2. The van der Waals surface area contributed by atoms with Crippen molar-refractivity contribution in [3.05, 3.63) is 54.1 Å². The van der Waals surface area contributed by atoms with Gasteiger partial charge in [-0.05, 0) is 36.4 Å². The largest absolute Gasteiger partial charge is 0.457 e. The monoisotopic (exact) mass is 270 g/mol. The second-order valence-corrected chi connectivity index (χ2v) is 4.38. The van der Waals surface area contributed by atoms with Gasteiger partial charge in [0.15, 0.2) is 11.6 Å². The van der Waals surface area contributed by atoms with Gasteiger partial charge in [0.1, 0.15) is 17.3 Å². The number of nitrogens with zero attached hydrogens (tertiary/aromatic N) is 1. The molecule has 0 saturated carbocycles. The molecular formula is C15H11FN2O2. The highest BCUT2D eigenvalue weighted by Gasteiger charge is 2.08. The summed E-state index contributed by atoms with van der Waals surface area (Å²) in [5.41, 5.74) is 1.41. The molecule has 4 nitrogen and oxygen atoms in total. The van der Waals surface area contributed by atoms with E-state index in [1.54, 1.807) is 30.3 Å². The van der Waals surface area contributed by atoms with Crippen molar-refractivity contribution in [1.29, 1.82) is 0 Å². The number of carbonyl (C=O) groups is 1. The van der Waals surface area contributed by atoms with Crippen LogP contribution in [0.1, 0.15) is 17.5 Å². The van der Waals surface area contributed by atoms with Crippen molar-refractivity contribution in [3.63, 3.8) is 0 Å². The number of halogens is 1. The second-order valence-electron chi connectivity index (χ2n) is 4.38. The van der Waals surface area contributed by atoms with Gasteiger partial charge < -0.3 is 9.72 Å². The van der Waals surface area contributed by atoms with Gasteiger partial charge in [-0.25, -0.2) is 9.37 Å². The van der Waals surface area contributed by atoms with Crippen LogP contribution in [-0.2, 0) is 0 Å². The Bertz CT molecular complexity index is 778. The van der Waals surface area contributed by atoms with E-state index < -0.39 is 0 Å². The summed E-state index contributed by atoms with van der Waals surface area (Å²) < 4.78 is 18.4. The second kappa shape index (κ2) is 4.77. The Morgan fingerprint density at radius 3 is 2.55 bits per heavy atom. The predicted molar refractivity (Wildman–Crippen MR) is 72.6 cm³/mol. The number of H-pyrrole nitrogens is 1. The van der Waals surface area contributed by atoms with Crippen molar-refractivity contribution in [2.24, 2.45) is 0 Å². The molecule has 0 atom stereocenters. The van der Waals surface area contributed by atoms with E-state index in [-0.39, 0.29) is 11.6 Å². The Balaban J connectivity index is 1.92. The molecule has 3 aromatic rings. The van der Waals surface area contributed by atoms with Gasteiger partial charge in [0.25, 0.3) is 0 Å². The number of benzene rings is 2. The standard InChI is InChI=1S/C15H11FN2O2/c1-9(19)15-17-13-7-6-12(8-14(13)18-15)20-11-4-2-10(16)3-5-11/h2-8H,1H3,(H,17,18). The molecule has 0 amide bonds. The first-order chi connectivity index (χ1) is 9.61. The molecule has 1 N–H and O–H groups in total. The Labute approximate surface area is 114 Å². The molecule has 100 valence electrons. The summed E-state index contributed by atoms with van der Waals surface area (Å²) in [6.07, 6.45) is 0. The van der Waals surface area contributed by atoms with Crippen LogP contribution >= 0.6 is 0 Å². The lowest BCUT2D eigenvalue weighted by Gasteiger charge is -2.04. The molecule has 0 radical (unpaired) electrons. The van der Waals surface area contributed by atoms with Crippen molar-refractivity contribution >= 4 is 16.8 Å². The first-order valence-electron chi connectivity index (χ1n) is 6.06. The maximum Gasteiger partial charge on any atom is 0.195 e. The summed E-state index contributed by atoms with van der Waals surface area (Å²) in [7, 11) is 0. The van der Waals surface area contributed by atoms with Gasteiger partial charge in [-0.15, -0.1) is 0 Å². The van der Waals surface area contributed by atoms with E-state index in [4.69, 9.17) is 4.74 Å². The van der Waals surface area contributed by atoms with E-state index in [2.05, 4.69) is 9.97 Å². The van der Waals surface area contributed by atoms with Gasteiger partial charge in [0.2, 0.25) is 0 Å². The Kier molecular flexibility index (Phi) is 2.95. The Morgan fingerprint density at radius 2 is 1.85 bits per heavy atom. The lowest BCUT2D eigenvalue weighted by molar-refractivity contribution is 0.100. The molecule has 3 rings (SSSR count). The van der Waals surface area contributed by atoms with Crippen LogP contribution in [0.5, 0.6) is 11.5 Å². The van der Waals surface area contributed by atoms with Gasteiger partial charge in [-0.3, -0.25) is 4.79 Å². The van der Waals surface area contributed by atoms with E-state index >= 15 is 0 Å². The number of aromatic amines is 1. The van der Waals surface area contributed by atoms with Gasteiger partial charge in [0.05, 0.1) is 11.0 Å². The SMILES string of the molecule is CC(=O)c1nc2cc(Oc3ccc(F)cc3)ccc2[nH]1. The zero-order valence-corrected chi connectivity index (χ0v) is 10.7. The van der Waals surface area contributed by atoms with Crippen LogP contribution in [0.3, 0.4) is 0 Å². The average molecular weight is 270 g/mol. The van der Waals surface area contributed by atoms with E-state index in [1.165, 1.54) is 19.1 Å². The lowest BCUT2D eigenvalue weighted by Crippen LogP contribution is -1.93. The van der Waals surface area contributed by atoms with Gasteiger partial charge >= 0.3 is 0 Å². The summed E-state index contributed by atoms with van der Waals surface area (Å²) in [5.74, 6) is 0.992. The number of hydrogen-bond acceptors (Lipinski definition) is 3. The molecule has 0 spiro atoms. The van der Waals surface area contributed by atoms with Gasteiger partial charge in [-0.1, -0.05) is 0 Å². The summed E-state index contributed by atoms with van der Waals surface area (Å²) >= 11 is 0. The van der Waals surface area contributed by atoms with Crippen LogP contribution in [0.4, 0.5) is 4.39 Å². The zero-order chi connectivity index (χ0) is 14.1. The highest BCUT2D eigenvalue weighted by molar-refractivity contribution is 5.94. The minimum atomic E-state index is -0.314. The normalized spacial score (nSPS) is 10.7. The number of ketones is 1. The predicted octanol–water partition coefficient (Wildman–Crippen LogP) is 3.70. The van der Waals surface area contributed by atoms with Crippen LogP contribution in [0.25, 0.3) is 11.0 Å². The van der Waals surface area contributed by atoms with Crippen molar-refractivity contribution in [2.45, 2.75) is 6.92 Å². The molecule has 5 heteroatoms. The molecular weight excluding hydrogens is 259 g/mol. The maximum absolute atomic E-state index is 12.8. The summed E-state index contributed by atoms with van der Waals surface area (Å²) in [6.45, 7) is 1.45. The minimum Gasteiger partial charge on any atom is -0.457 e. The van der Waals surface area contributed by atoms with E-state index in [9.17, 15) is 9.18 Å². The third-order valence-corrected chi connectivity index (χ3v) is 2.84. The minimum absolute atomic E-state index is 0.123. The van der Waals surface area contributed by atoms with Crippen molar-refractivity contribution in [3.8, 4) is 11.5 Å². The maximum atomic E-state index is 12.8. The fourth-order valence-electron chi connectivity index (χ4n) is 1.85. The Hall–Kier alpha value is -2.69. The van der Waals surface area contributed by atoms with Gasteiger partial charge in [0, 0.05) is 13.0 Å². The van der Waals surface area contributed by atoms with E-state index in [0.717, 1.165) is 5.52 Å². The van der Waals surface area contributed by atoms with Gasteiger partial charge in [-0.2, -0.15) is 0 Å². The summed E-state index contributed by atoms with van der Waals surface area (Å²) in [5, 5.41) is 0. The quantitative estimate of drug-likeness (QED) is 0.738. The molecule has 0 aliphatic rings. The molecule has 0 aliphatic carbocycles. The summed E-state index contributed by atoms with van der Waals surface area (Å²) in [6, 6.07) is 11.0. The highest BCUT2D eigenvalue weighted by atomic mass is 19.1. The first kappa shape index (κ1) is 12.3. The van der Waals surface area contributed by atoms with E-state index in [1.807, 2.05) is 0 Å². The number of ether oxygens (including phenoxy) is 1. The van der Waals surface area contributed by atoms with Crippen LogP contribution in [0.2, 0.25) is 0 Å². The fraction of sp³-hybridized carbons (Fsp3) is 0.0667. The van der Waals surface area contributed by atoms with Crippen molar-refractivity contribution < 1.29 is 13.9 Å². The Morgan fingerprint density at radius 1 is 1.15 bits per heavy atom. The van der Waals surface area contributed by atoms with E-state index in [0.29, 0.717) is 22.8 Å². The van der Waals surface area contributed by atoms with Crippen molar-refractivity contribution in [2.75, 3.05) is 0 Å². The number of rotatable bonds is 3. The molecule has 1 heterocycles. The number of carbonyl (C=O) groups excluding carboxylic acids is 1. The topological polar surface area (TPSA) is 55.0 Å². The zero-order valence-electron chi connectivity index (χ0n) is 10.7. The highest BCUT2D eigenvalue weighted by Crippen LogP contribution is 2.24. The number of Topliss-reactive ketones (excluding diaryl/α,β-unsaturated/α-hetero) is 1. The number of hydrogen-bond donors (Lipinski definition) is 1.